The fraction of sp³-hybridized carbons (Fsp3) is 0.0943. The van der Waals surface area contributed by atoms with Gasteiger partial charge in [-0.1, -0.05) is 54.6 Å². The summed E-state index contributed by atoms with van der Waals surface area (Å²) in [7, 11) is 1.61. The quantitative estimate of drug-likeness (QED) is 0.0464. The molecule has 2 aromatic heterocycles. The number of aromatic nitrogens is 4. The van der Waals surface area contributed by atoms with Gasteiger partial charge in [-0.15, -0.1) is 0 Å². The maximum absolute atomic E-state index is 13.6. The summed E-state index contributed by atoms with van der Waals surface area (Å²) in [5, 5.41) is 22.6. The molecule has 17 nitrogen and oxygen atoms in total. The third kappa shape index (κ3) is 11.5. The number of benzene rings is 5. The van der Waals surface area contributed by atoms with Gasteiger partial charge >= 0.3 is 0 Å². The number of allylic oxidation sites excluding steroid dienone is 2. The Morgan fingerprint density at radius 1 is 0.671 bits per heavy atom. The summed E-state index contributed by atoms with van der Waals surface area (Å²) >= 11 is 0. The molecule has 1 aliphatic heterocycles. The lowest BCUT2D eigenvalue weighted by molar-refractivity contribution is -0.126. The zero-order valence-corrected chi connectivity index (χ0v) is 37.5. The average molecular weight is 931 g/mol. The number of nitriles is 2. The molecule has 0 aliphatic carbocycles. The monoisotopic (exact) mass is 930 g/mol. The number of carbonyl (C=O) groups is 2. The van der Waals surface area contributed by atoms with Crippen LogP contribution in [0.2, 0.25) is 0 Å². The smallest absolute Gasteiger partial charge is 0.266 e. The van der Waals surface area contributed by atoms with Gasteiger partial charge in [0.1, 0.15) is 88.7 Å². The predicted octanol–water partition coefficient (Wildman–Crippen LogP) is 9.22. The second-order valence-electron chi connectivity index (χ2n) is 15.2. The first-order valence-electron chi connectivity index (χ1n) is 21.6. The second kappa shape index (κ2) is 22.0. The molecule has 1 aliphatic rings. The molecule has 2 amide bonds. The van der Waals surface area contributed by atoms with E-state index in [1.165, 1.54) is 23.6 Å². The van der Waals surface area contributed by atoms with Crippen LogP contribution in [0.5, 0.6) is 46.3 Å². The minimum Gasteiger partial charge on any atom is -0.497 e. The van der Waals surface area contributed by atoms with E-state index in [-0.39, 0.29) is 53.3 Å². The van der Waals surface area contributed by atoms with Gasteiger partial charge in [-0.05, 0) is 108 Å². The van der Waals surface area contributed by atoms with Crippen molar-refractivity contribution >= 4 is 34.7 Å². The molecule has 0 radical (unpaired) electrons. The summed E-state index contributed by atoms with van der Waals surface area (Å²) in [6, 6.07) is 41.4. The van der Waals surface area contributed by atoms with Crippen molar-refractivity contribution in [3.8, 4) is 69.5 Å². The number of para-hydroxylation sites is 1. The molecule has 70 heavy (non-hydrogen) atoms. The van der Waals surface area contributed by atoms with Crippen LogP contribution in [0.3, 0.4) is 0 Å². The molecule has 0 saturated carbocycles. The summed E-state index contributed by atoms with van der Waals surface area (Å²) in [4.78, 5) is 45.3. The number of carbonyl (C=O) groups excluding carboxylic acids is 2. The third-order valence-corrected chi connectivity index (χ3v) is 10.7. The molecular weight excluding hydrogens is 889 g/mol. The van der Waals surface area contributed by atoms with Crippen LogP contribution >= 0.6 is 0 Å². The molecule has 7 aromatic rings. The van der Waals surface area contributed by atoms with Gasteiger partial charge in [0.05, 0.1) is 18.2 Å². The minimum absolute atomic E-state index is 0.122. The number of hydrogen-bond donors (Lipinski definition) is 3. The first-order valence-corrected chi connectivity index (χ1v) is 21.6. The zero-order chi connectivity index (χ0) is 48.8. The SMILES string of the molecule is COc1ccc(COc2ccc(-c3c(N)ncnc3Oc3cccc(NC(=O)/C(C#N)=C/C=C(C#N)C(=O)N4CC=C(c5c(N)ncnc5Oc5ccc(Oc6ccccc6)cc5)CC4)c3)cc2)cc1. The molecule has 0 saturated heterocycles. The number of nitrogen functional groups attached to an aromatic ring is 2. The Hall–Kier alpha value is -10.0. The predicted molar refractivity (Wildman–Crippen MR) is 260 cm³/mol. The number of anilines is 3. The Kier molecular flexibility index (Phi) is 14.6. The number of nitrogens with one attached hydrogen (secondary N) is 1. The maximum Gasteiger partial charge on any atom is 0.266 e. The van der Waals surface area contributed by atoms with Crippen LogP contribution in [-0.2, 0) is 16.2 Å². The molecule has 17 heteroatoms. The summed E-state index contributed by atoms with van der Waals surface area (Å²) in [6.45, 7) is 0.694. The van der Waals surface area contributed by atoms with E-state index >= 15 is 0 Å². The van der Waals surface area contributed by atoms with E-state index in [1.54, 1.807) is 67.8 Å². The molecule has 0 atom stereocenters. The zero-order valence-electron chi connectivity index (χ0n) is 37.5. The first-order chi connectivity index (χ1) is 34.2. The Morgan fingerprint density at radius 2 is 1.26 bits per heavy atom. The second-order valence-corrected chi connectivity index (χ2v) is 15.2. The highest BCUT2D eigenvalue weighted by molar-refractivity contribution is 6.07. The molecule has 346 valence electrons. The molecule has 5 N–H and O–H groups in total. The van der Waals surface area contributed by atoms with E-state index in [0.29, 0.717) is 58.5 Å². The number of nitrogens with zero attached hydrogens (tertiary/aromatic N) is 7. The van der Waals surface area contributed by atoms with Crippen LogP contribution in [0.25, 0.3) is 16.7 Å². The van der Waals surface area contributed by atoms with Crippen LogP contribution in [0.15, 0.2) is 169 Å². The van der Waals surface area contributed by atoms with Crippen molar-refractivity contribution in [1.82, 2.24) is 24.8 Å². The first kappa shape index (κ1) is 46.5. The maximum atomic E-state index is 13.6. The topological polar surface area (TPSA) is 247 Å². The molecule has 0 fully saturated rings. The van der Waals surface area contributed by atoms with Crippen molar-refractivity contribution in [1.29, 1.82) is 10.5 Å². The van der Waals surface area contributed by atoms with Crippen LogP contribution < -0.4 is 40.5 Å². The van der Waals surface area contributed by atoms with Crippen molar-refractivity contribution in [3.05, 3.63) is 181 Å². The molecule has 3 heterocycles. The number of amides is 2. The lowest BCUT2D eigenvalue weighted by atomic mass is 10.00. The fourth-order valence-corrected chi connectivity index (χ4v) is 7.10. The average Bonchev–Trinajstić information content (AvgIpc) is 3.38. The van der Waals surface area contributed by atoms with Crippen molar-refractivity contribution in [2.24, 2.45) is 0 Å². The fourth-order valence-electron chi connectivity index (χ4n) is 7.10. The van der Waals surface area contributed by atoms with Gasteiger partial charge in [-0.3, -0.25) is 9.59 Å². The van der Waals surface area contributed by atoms with Gasteiger partial charge in [-0.25, -0.2) is 19.9 Å². The Labute approximate surface area is 402 Å². The lowest BCUT2D eigenvalue weighted by Gasteiger charge is -2.27. The van der Waals surface area contributed by atoms with E-state index < -0.39 is 11.8 Å². The van der Waals surface area contributed by atoms with Crippen molar-refractivity contribution < 1.29 is 33.3 Å². The Bertz CT molecular complexity index is 3200. The number of nitrogens with two attached hydrogens (primary N) is 2. The van der Waals surface area contributed by atoms with E-state index in [4.69, 9.17) is 35.2 Å². The van der Waals surface area contributed by atoms with Gasteiger partial charge in [0, 0.05) is 24.8 Å². The minimum atomic E-state index is -0.787. The number of rotatable bonds is 16. The Balaban J connectivity index is 0.888. The van der Waals surface area contributed by atoms with Crippen molar-refractivity contribution in [2.45, 2.75) is 13.0 Å². The number of hydrogen-bond acceptors (Lipinski definition) is 15. The highest BCUT2D eigenvalue weighted by atomic mass is 16.5. The summed E-state index contributed by atoms with van der Waals surface area (Å²) in [6.07, 6.45) is 6.97. The van der Waals surface area contributed by atoms with Gasteiger partial charge in [-0.2, -0.15) is 10.5 Å². The Morgan fingerprint density at radius 3 is 1.91 bits per heavy atom. The molecular formula is C53H42N10O7. The molecule has 0 bridgehead atoms. The van der Waals surface area contributed by atoms with Crippen LogP contribution in [0, 0.1) is 22.7 Å². The molecule has 5 aromatic carbocycles. The highest BCUT2D eigenvalue weighted by Gasteiger charge is 2.25. The normalized spacial score (nSPS) is 12.4. The van der Waals surface area contributed by atoms with Crippen LogP contribution in [0.4, 0.5) is 17.3 Å². The van der Waals surface area contributed by atoms with Gasteiger partial charge in [0.15, 0.2) is 0 Å². The van der Waals surface area contributed by atoms with E-state index in [9.17, 15) is 20.1 Å². The standard InChI is InChI=1S/C53H42N10O7/c1-66-40-16-10-34(11-17-40)31-67-41-18-14-35(15-19-41)46-48(56)58-33-61-52(46)70-45-9-5-6-39(28-45)62-50(64)37(29-54)12-13-38(30-55)53(65)63-26-24-36(25-27-63)47-49(57)59-32-60-51(47)69-44-22-20-43(21-23-44)68-42-7-3-2-4-8-42/h2-24,28,32-33H,25-27,31H2,1H3,(H,62,64)(H2,56,58,61)(H2,57,59,60)/b37-12+,38-13?. The van der Waals surface area contributed by atoms with Crippen LogP contribution in [-0.4, -0.2) is 56.8 Å². The van der Waals surface area contributed by atoms with Gasteiger partial charge < -0.3 is 45.4 Å². The summed E-state index contributed by atoms with van der Waals surface area (Å²) in [5.41, 5.74) is 15.6. The molecule has 0 unspecified atom stereocenters. The lowest BCUT2D eigenvalue weighted by Crippen LogP contribution is -2.35. The summed E-state index contributed by atoms with van der Waals surface area (Å²) < 4.78 is 29.3. The number of methoxy groups -OCH3 is 1. The molecule has 8 rings (SSSR count). The van der Waals surface area contributed by atoms with E-state index in [1.807, 2.05) is 78.9 Å². The van der Waals surface area contributed by atoms with Crippen molar-refractivity contribution in [2.75, 3.05) is 37.0 Å². The largest absolute Gasteiger partial charge is 0.497 e. The third-order valence-electron chi connectivity index (χ3n) is 10.7. The van der Waals surface area contributed by atoms with E-state index in [2.05, 4.69) is 25.3 Å². The number of ether oxygens (including phenoxy) is 5. The van der Waals surface area contributed by atoms with Gasteiger partial charge in [0.2, 0.25) is 11.8 Å². The highest BCUT2D eigenvalue weighted by Crippen LogP contribution is 2.38. The molecule has 0 spiro atoms. The van der Waals surface area contributed by atoms with Crippen molar-refractivity contribution in [3.63, 3.8) is 0 Å². The van der Waals surface area contributed by atoms with Gasteiger partial charge in [0.25, 0.3) is 11.8 Å². The van der Waals surface area contributed by atoms with E-state index in [0.717, 1.165) is 29.0 Å². The summed E-state index contributed by atoms with van der Waals surface area (Å²) in [5.74, 6) is 2.87. The van der Waals surface area contributed by atoms with Crippen LogP contribution in [0.1, 0.15) is 17.5 Å².